The Labute approximate surface area is 216 Å². The second-order valence-electron chi connectivity index (χ2n) is 9.59. The Morgan fingerprint density at radius 1 is 0.892 bits per heavy atom. The van der Waals surface area contributed by atoms with E-state index in [1.54, 1.807) is 10.7 Å². The highest BCUT2D eigenvalue weighted by Crippen LogP contribution is 2.24. The van der Waals surface area contributed by atoms with Crippen LogP contribution in [0.1, 0.15) is 48.0 Å². The van der Waals surface area contributed by atoms with Crippen molar-refractivity contribution in [3.63, 3.8) is 0 Å². The van der Waals surface area contributed by atoms with Crippen molar-refractivity contribution in [1.29, 1.82) is 0 Å². The Kier molecular flexibility index (Phi) is 7.40. The Bertz CT molecular complexity index is 1370. The molecule has 37 heavy (non-hydrogen) atoms. The maximum Gasteiger partial charge on any atom is 0.255 e. The summed E-state index contributed by atoms with van der Waals surface area (Å²) in [5.74, 6) is 0.969. The van der Waals surface area contributed by atoms with Crippen LogP contribution in [0.15, 0.2) is 78.9 Å². The summed E-state index contributed by atoms with van der Waals surface area (Å²) >= 11 is 0. The number of nitrogens with zero attached hydrogens (tertiary/aromatic N) is 3. The molecule has 1 fully saturated rings. The van der Waals surface area contributed by atoms with Gasteiger partial charge in [-0.1, -0.05) is 67.3 Å². The summed E-state index contributed by atoms with van der Waals surface area (Å²) in [6.45, 7) is 2.07. The van der Waals surface area contributed by atoms with Crippen molar-refractivity contribution < 1.29 is 9.59 Å². The first-order valence-electron chi connectivity index (χ1n) is 12.8. The Hall–Kier alpha value is -4.26. The van der Waals surface area contributed by atoms with E-state index in [9.17, 15) is 9.59 Å². The van der Waals surface area contributed by atoms with E-state index in [1.165, 1.54) is 6.42 Å². The van der Waals surface area contributed by atoms with Gasteiger partial charge in [-0.2, -0.15) is 0 Å². The zero-order chi connectivity index (χ0) is 25.6. The van der Waals surface area contributed by atoms with Gasteiger partial charge in [-0.3, -0.25) is 9.59 Å². The molecule has 1 aromatic heterocycles. The normalized spacial score (nSPS) is 13.8. The van der Waals surface area contributed by atoms with Gasteiger partial charge in [0.1, 0.15) is 6.54 Å². The summed E-state index contributed by atoms with van der Waals surface area (Å²) in [6.07, 6.45) is 5.63. The van der Waals surface area contributed by atoms with E-state index in [0.29, 0.717) is 22.9 Å². The van der Waals surface area contributed by atoms with Crippen LogP contribution < -0.4 is 10.6 Å². The first-order valence-corrected chi connectivity index (χ1v) is 12.8. The van der Waals surface area contributed by atoms with Crippen molar-refractivity contribution >= 4 is 17.5 Å². The first kappa shape index (κ1) is 24.4. The summed E-state index contributed by atoms with van der Waals surface area (Å²) < 4.78 is 1.68. The highest BCUT2D eigenvalue weighted by molar-refractivity contribution is 6.04. The smallest absolute Gasteiger partial charge is 0.255 e. The van der Waals surface area contributed by atoms with E-state index in [-0.39, 0.29) is 24.4 Å². The van der Waals surface area contributed by atoms with E-state index < -0.39 is 0 Å². The molecule has 0 saturated heterocycles. The third-order valence-electron chi connectivity index (χ3n) is 6.65. The van der Waals surface area contributed by atoms with Gasteiger partial charge in [0.05, 0.1) is 0 Å². The standard InChI is InChI=1S/C30H31N5O2/c1-21-9-8-12-24(19-21)30(37)32-26-17-15-22(16-18-26)28-33-29(23-10-4-2-5-11-23)35(34-28)20-27(36)31-25-13-6-3-7-14-25/h2,4-5,8-12,15-19,25H,3,6-7,13-14,20H2,1H3,(H,31,36)(H,32,37). The van der Waals surface area contributed by atoms with Gasteiger partial charge < -0.3 is 10.6 Å². The molecule has 0 unspecified atom stereocenters. The van der Waals surface area contributed by atoms with E-state index >= 15 is 0 Å². The van der Waals surface area contributed by atoms with Crippen molar-refractivity contribution in [1.82, 2.24) is 20.1 Å². The third kappa shape index (κ3) is 6.12. The summed E-state index contributed by atoms with van der Waals surface area (Å²) in [4.78, 5) is 30.2. The van der Waals surface area contributed by atoms with Crippen molar-refractivity contribution in [2.45, 2.75) is 51.6 Å². The number of anilines is 1. The highest BCUT2D eigenvalue weighted by atomic mass is 16.2. The number of amides is 2. The number of carbonyl (C=O) groups excluding carboxylic acids is 2. The molecule has 188 valence electrons. The molecule has 1 aliphatic rings. The van der Waals surface area contributed by atoms with E-state index in [1.807, 2.05) is 79.7 Å². The van der Waals surface area contributed by atoms with Crippen LogP contribution in [0.3, 0.4) is 0 Å². The average Bonchev–Trinajstić information content (AvgIpc) is 3.33. The van der Waals surface area contributed by atoms with Crippen molar-refractivity contribution in [2.24, 2.45) is 0 Å². The second-order valence-corrected chi connectivity index (χ2v) is 9.59. The van der Waals surface area contributed by atoms with Gasteiger partial charge in [-0.25, -0.2) is 9.67 Å². The molecule has 2 N–H and O–H groups in total. The molecule has 0 bridgehead atoms. The molecule has 0 radical (unpaired) electrons. The fraction of sp³-hybridized carbons (Fsp3) is 0.267. The number of hydrogen-bond donors (Lipinski definition) is 2. The maximum absolute atomic E-state index is 12.9. The number of carbonyl (C=O) groups is 2. The molecule has 1 heterocycles. The van der Waals surface area contributed by atoms with Gasteiger partial charge in [0, 0.05) is 28.4 Å². The number of aryl methyl sites for hydroxylation is 1. The van der Waals surface area contributed by atoms with Gasteiger partial charge in [-0.15, -0.1) is 5.10 Å². The fourth-order valence-corrected chi connectivity index (χ4v) is 4.72. The van der Waals surface area contributed by atoms with Crippen molar-refractivity contribution in [3.8, 4) is 22.8 Å². The van der Waals surface area contributed by atoms with Gasteiger partial charge in [-0.05, 0) is 56.2 Å². The monoisotopic (exact) mass is 493 g/mol. The molecule has 7 heteroatoms. The number of benzene rings is 3. The Morgan fingerprint density at radius 3 is 2.38 bits per heavy atom. The van der Waals surface area contributed by atoms with Crippen LogP contribution in [0.25, 0.3) is 22.8 Å². The molecule has 3 aromatic carbocycles. The predicted octanol–water partition coefficient (Wildman–Crippen LogP) is 5.62. The van der Waals surface area contributed by atoms with Gasteiger partial charge in [0.15, 0.2) is 11.6 Å². The number of hydrogen-bond acceptors (Lipinski definition) is 4. The number of nitrogens with one attached hydrogen (secondary N) is 2. The molecule has 0 atom stereocenters. The quantitative estimate of drug-likeness (QED) is 0.350. The van der Waals surface area contributed by atoms with E-state index in [4.69, 9.17) is 10.1 Å². The van der Waals surface area contributed by atoms with Crippen LogP contribution >= 0.6 is 0 Å². The third-order valence-corrected chi connectivity index (χ3v) is 6.65. The minimum atomic E-state index is -0.158. The lowest BCUT2D eigenvalue weighted by Gasteiger charge is -2.22. The number of aromatic nitrogens is 3. The lowest BCUT2D eigenvalue weighted by Crippen LogP contribution is -2.38. The minimum Gasteiger partial charge on any atom is -0.352 e. The molecule has 0 aliphatic heterocycles. The van der Waals surface area contributed by atoms with Crippen LogP contribution in [0.4, 0.5) is 5.69 Å². The van der Waals surface area contributed by atoms with Gasteiger partial charge >= 0.3 is 0 Å². The topological polar surface area (TPSA) is 88.9 Å². The maximum atomic E-state index is 12.9. The van der Waals surface area contributed by atoms with Crippen LogP contribution in [-0.2, 0) is 11.3 Å². The zero-order valence-electron chi connectivity index (χ0n) is 21.0. The van der Waals surface area contributed by atoms with Crippen LogP contribution in [-0.4, -0.2) is 32.6 Å². The molecule has 1 saturated carbocycles. The summed E-state index contributed by atoms with van der Waals surface area (Å²) in [6, 6.07) is 24.9. The lowest BCUT2D eigenvalue weighted by molar-refractivity contribution is -0.122. The van der Waals surface area contributed by atoms with Crippen molar-refractivity contribution in [2.75, 3.05) is 5.32 Å². The summed E-state index contributed by atoms with van der Waals surface area (Å²) in [5.41, 5.74) is 4.03. The second kappa shape index (κ2) is 11.2. The minimum absolute atomic E-state index is 0.0465. The van der Waals surface area contributed by atoms with Gasteiger partial charge in [0.2, 0.25) is 5.91 Å². The molecule has 0 spiro atoms. The molecule has 5 rings (SSSR count). The van der Waals surface area contributed by atoms with Crippen LogP contribution in [0, 0.1) is 6.92 Å². The van der Waals surface area contributed by atoms with Gasteiger partial charge in [0.25, 0.3) is 5.91 Å². The molecule has 2 amide bonds. The largest absolute Gasteiger partial charge is 0.352 e. The summed E-state index contributed by atoms with van der Waals surface area (Å²) in [7, 11) is 0. The predicted molar refractivity (Wildman–Crippen MR) is 145 cm³/mol. The van der Waals surface area contributed by atoms with Crippen LogP contribution in [0.2, 0.25) is 0 Å². The Morgan fingerprint density at radius 2 is 1.65 bits per heavy atom. The lowest BCUT2D eigenvalue weighted by atomic mass is 9.95. The zero-order valence-corrected chi connectivity index (χ0v) is 21.0. The first-order chi connectivity index (χ1) is 18.0. The highest BCUT2D eigenvalue weighted by Gasteiger charge is 2.19. The average molecular weight is 494 g/mol. The Balaban J connectivity index is 1.34. The molecule has 4 aromatic rings. The fourth-order valence-electron chi connectivity index (χ4n) is 4.72. The number of rotatable bonds is 7. The molecular weight excluding hydrogens is 462 g/mol. The van der Waals surface area contributed by atoms with E-state index in [0.717, 1.165) is 42.4 Å². The molecular formula is C30H31N5O2. The van der Waals surface area contributed by atoms with Crippen molar-refractivity contribution in [3.05, 3.63) is 90.0 Å². The summed E-state index contributed by atoms with van der Waals surface area (Å²) in [5, 5.41) is 10.8. The molecule has 1 aliphatic carbocycles. The SMILES string of the molecule is Cc1cccc(C(=O)Nc2ccc(-c3nc(-c4ccccc4)n(CC(=O)NC4CCCCC4)n3)cc2)c1. The van der Waals surface area contributed by atoms with Crippen LogP contribution in [0.5, 0.6) is 0 Å². The van der Waals surface area contributed by atoms with E-state index in [2.05, 4.69) is 10.6 Å². The molecule has 7 nitrogen and oxygen atoms in total.